The van der Waals surface area contributed by atoms with Crippen molar-refractivity contribution in [1.82, 2.24) is 14.8 Å². The molecule has 0 spiro atoms. The van der Waals surface area contributed by atoms with Gasteiger partial charge in [0.05, 0.1) is 6.61 Å². The standard InChI is InChI=1S/C9H15N3O2/c1-9(13,7-3-4-14-5-7)8-10-6-11-12(8)2/h6-7,13H,3-5H2,1-2H3. The van der Waals surface area contributed by atoms with Gasteiger partial charge in [-0.1, -0.05) is 0 Å². The molecule has 2 rings (SSSR count). The van der Waals surface area contributed by atoms with Gasteiger partial charge in [0.2, 0.25) is 0 Å². The molecule has 5 nitrogen and oxygen atoms in total. The van der Waals surface area contributed by atoms with Gasteiger partial charge in [0.1, 0.15) is 11.9 Å². The largest absolute Gasteiger partial charge is 0.382 e. The molecule has 1 fully saturated rings. The quantitative estimate of drug-likeness (QED) is 0.728. The number of hydrogen-bond acceptors (Lipinski definition) is 4. The van der Waals surface area contributed by atoms with Crippen LogP contribution < -0.4 is 0 Å². The highest BCUT2D eigenvalue weighted by Gasteiger charge is 2.39. The van der Waals surface area contributed by atoms with Crippen molar-refractivity contribution in [3.63, 3.8) is 0 Å². The zero-order valence-corrected chi connectivity index (χ0v) is 8.47. The molecule has 1 aromatic rings. The summed E-state index contributed by atoms with van der Waals surface area (Å²) in [6.07, 6.45) is 2.33. The zero-order valence-electron chi connectivity index (χ0n) is 8.47. The summed E-state index contributed by atoms with van der Waals surface area (Å²) in [7, 11) is 1.78. The normalized spacial score (nSPS) is 26.4. The molecule has 1 aliphatic rings. The summed E-state index contributed by atoms with van der Waals surface area (Å²) >= 11 is 0. The molecule has 1 N–H and O–H groups in total. The van der Waals surface area contributed by atoms with Crippen molar-refractivity contribution < 1.29 is 9.84 Å². The van der Waals surface area contributed by atoms with Crippen LogP contribution in [0, 0.1) is 5.92 Å². The topological polar surface area (TPSA) is 60.2 Å². The first-order valence-corrected chi connectivity index (χ1v) is 4.77. The molecule has 2 heterocycles. The summed E-state index contributed by atoms with van der Waals surface area (Å²) in [5.74, 6) is 0.721. The predicted molar refractivity (Wildman–Crippen MR) is 49.5 cm³/mol. The molecule has 2 atom stereocenters. The molecule has 1 saturated heterocycles. The molecule has 5 heteroatoms. The summed E-state index contributed by atoms with van der Waals surface area (Å²) in [5, 5.41) is 14.3. The number of aromatic nitrogens is 3. The summed E-state index contributed by atoms with van der Waals surface area (Å²) in [6, 6.07) is 0. The number of rotatable bonds is 2. The second kappa shape index (κ2) is 3.33. The fourth-order valence-corrected chi connectivity index (χ4v) is 1.91. The molecule has 0 radical (unpaired) electrons. The molecule has 0 bridgehead atoms. The molecule has 1 aromatic heterocycles. The minimum absolute atomic E-state index is 0.116. The Labute approximate surface area is 82.7 Å². The van der Waals surface area contributed by atoms with Gasteiger partial charge in [0.25, 0.3) is 0 Å². The van der Waals surface area contributed by atoms with E-state index in [1.165, 1.54) is 6.33 Å². The van der Waals surface area contributed by atoms with Gasteiger partial charge < -0.3 is 9.84 Å². The first-order valence-electron chi connectivity index (χ1n) is 4.77. The molecule has 1 aliphatic heterocycles. The molecule has 0 amide bonds. The molecule has 0 saturated carbocycles. The fraction of sp³-hybridized carbons (Fsp3) is 0.778. The Bertz CT molecular complexity index is 316. The van der Waals surface area contributed by atoms with Crippen LogP contribution in [0.3, 0.4) is 0 Å². The van der Waals surface area contributed by atoms with Crippen LogP contribution in [-0.4, -0.2) is 33.1 Å². The van der Waals surface area contributed by atoms with Gasteiger partial charge in [-0.3, -0.25) is 4.68 Å². The van der Waals surface area contributed by atoms with E-state index >= 15 is 0 Å². The molecule has 0 aromatic carbocycles. The summed E-state index contributed by atoms with van der Waals surface area (Å²) in [6.45, 7) is 3.09. The smallest absolute Gasteiger partial charge is 0.158 e. The highest BCUT2D eigenvalue weighted by molar-refractivity contribution is 5.02. The van der Waals surface area contributed by atoms with Gasteiger partial charge in [-0.2, -0.15) is 5.10 Å². The predicted octanol–water partition coefficient (Wildman–Crippen LogP) is 0.0591. The Hall–Kier alpha value is -0.940. The van der Waals surface area contributed by atoms with Crippen LogP contribution in [0.1, 0.15) is 19.2 Å². The third-order valence-electron chi connectivity index (χ3n) is 2.89. The minimum Gasteiger partial charge on any atom is -0.382 e. The average molecular weight is 197 g/mol. The number of ether oxygens (including phenoxy) is 1. The second-order valence-electron chi connectivity index (χ2n) is 3.92. The van der Waals surface area contributed by atoms with E-state index in [0.29, 0.717) is 12.4 Å². The van der Waals surface area contributed by atoms with Crippen molar-refractivity contribution in [3.8, 4) is 0 Å². The molecule has 2 unspecified atom stereocenters. The molecule has 14 heavy (non-hydrogen) atoms. The van der Waals surface area contributed by atoms with E-state index in [1.807, 2.05) is 0 Å². The highest BCUT2D eigenvalue weighted by Crippen LogP contribution is 2.32. The van der Waals surface area contributed by atoms with Gasteiger partial charge in [0.15, 0.2) is 5.82 Å². The maximum Gasteiger partial charge on any atom is 0.158 e. The SMILES string of the molecule is Cn1ncnc1C(C)(O)C1CCOC1. The van der Waals surface area contributed by atoms with E-state index in [1.54, 1.807) is 18.7 Å². The van der Waals surface area contributed by atoms with E-state index in [0.717, 1.165) is 13.0 Å². The average Bonchev–Trinajstić information content (AvgIpc) is 2.72. The van der Waals surface area contributed by atoms with Gasteiger partial charge in [-0.05, 0) is 13.3 Å². The van der Waals surface area contributed by atoms with E-state index in [-0.39, 0.29) is 5.92 Å². The van der Waals surface area contributed by atoms with E-state index < -0.39 is 5.60 Å². The highest BCUT2D eigenvalue weighted by atomic mass is 16.5. The Morgan fingerprint density at radius 2 is 2.50 bits per heavy atom. The minimum atomic E-state index is -0.943. The molecular weight excluding hydrogens is 182 g/mol. The van der Waals surface area contributed by atoms with Crippen molar-refractivity contribution in [3.05, 3.63) is 12.2 Å². The third-order valence-corrected chi connectivity index (χ3v) is 2.89. The van der Waals surface area contributed by atoms with Gasteiger partial charge >= 0.3 is 0 Å². The van der Waals surface area contributed by atoms with Crippen LogP contribution in [0.25, 0.3) is 0 Å². The monoisotopic (exact) mass is 197 g/mol. The first kappa shape index (κ1) is 9.61. The van der Waals surface area contributed by atoms with Crippen molar-refractivity contribution in [2.24, 2.45) is 13.0 Å². The second-order valence-corrected chi connectivity index (χ2v) is 3.92. The Morgan fingerprint density at radius 1 is 1.71 bits per heavy atom. The van der Waals surface area contributed by atoms with Crippen LogP contribution in [0.15, 0.2) is 6.33 Å². The lowest BCUT2D eigenvalue weighted by Gasteiger charge is -2.27. The van der Waals surface area contributed by atoms with E-state index in [4.69, 9.17) is 4.74 Å². The van der Waals surface area contributed by atoms with Crippen LogP contribution in [-0.2, 0) is 17.4 Å². The number of nitrogens with zero attached hydrogens (tertiary/aromatic N) is 3. The Balaban J connectivity index is 2.26. The molecular formula is C9H15N3O2. The lowest BCUT2D eigenvalue weighted by Crippen LogP contribution is -2.35. The number of hydrogen-bond donors (Lipinski definition) is 1. The molecule has 0 aliphatic carbocycles. The lowest BCUT2D eigenvalue weighted by atomic mass is 9.88. The van der Waals surface area contributed by atoms with Crippen LogP contribution in [0.2, 0.25) is 0 Å². The van der Waals surface area contributed by atoms with Gasteiger partial charge in [0, 0.05) is 19.6 Å². The Kier molecular flexibility index (Phi) is 2.28. The molecule has 78 valence electrons. The van der Waals surface area contributed by atoms with E-state index in [2.05, 4.69) is 10.1 Å². The number of aliphatic hydroxyl groups is 1. The van der Waals surface area contributed by atoms with Crippen LogP contribution in [0.4, 0.5) is 0 Å². The van der Waals surface area contributed by atoms with Crippen LogP contribution in [0.5, 0.6) is 0 Å². The Morgan fingerprint density at radius 3 is 3.00 bits per heavy atom. The number of aryl methyl sites for hydroxylation is 1. The van der Waals surface area contributed by atoms with Crippen LogP contribution >= 0.6 is 0 Å². The maximum atomic E-state index is 10.4. The van der Waals surface area contributed by atoms with Crippen molar-refractivity contribution in [2.75, 3.05) is 13.2 Å². The van der Waals surface area contributed by atoms with Crippen molar-refractivity contribution >= 4 is 0 Å². The lowest BCUT2D eigenvalue weighted by molar-refractivity contribution is -0.0204. The fourth-order valence-electron chi connectivity index (χ4n) is 1.91. The maximum absolute atomic E-state index is 10.4. The first-order chi connectivity index (χ1) is 6.62. The summed E-state index contributed by atoms with van der Waals surface area (Å²) in [4.78, 5) is 4.08. The van der Waals surface area contributed by atoms with Crippen molar-refractivity contribution in [1.29, 1.82) is 0 Å². The summed E-state index contributed by atoms with van der Waals surface area (Å²) in [5.41, 5.74) is -0.943. The van der Waals surface area contributed by atoms with Gasteiger partial charge in [-0.15, -0.1) is 0 Å². The zero-order chi connectivity index (χ0) is 10.2. The summed E-state index contributed by atoms with van der Waals surface area (Å²) < 4.78 is 6.87. The van der Waals surface area contributed by atoms with E-state index in [9.17, 15) is 5.11 Å². The van der Waals surface area contributed by atoms with Gasteiger partial charge in [-0.25, -0.2) is 4.98 Å². The van der Waals surface area contributed by atoms with Crippen molar-refractivity contribution in [2.45, 2.75) is 18.9 Å². The third kappa shape index (κ3) is 1.42.